The Morgan fingerprint density at radius 1 is 1.38 bits per heavy atom. The van der Waals surface area contributed by atoms with Gasteiger partial charge >= 0.3 is 0 Å². The first-order valence-electron chi connectivity index (χ1n) is 7.44. The van der Waals surface area contributed by atoms with Crippen LogP contribution in [-0.2, 0) is 5.41 Å². The molecule has 0 spiro atoms. The summed E-state index contributed by atoms with van der Waals surface area (Å²) in [6.45, 7) is 3.01. The van der Waals surface area contributed by atoms with Gasteiger partial charge in [0.1, 0.15) is 0 Å². The molecule has 1 aliphatic carbocycles. The fourth-order valence-electron chi connectivity index (χ4n) is 3.18. The highest BCUT2D eigenvalue weighted by Crippen LogP contribution is 2.43. The lowest BCUT2D eigenvalue weighted by atomic mass is 9.62. The molecule has 1 aromatic carbocycles. The largest absolute Gasteiger partial charge is 0.388 e. The van der Waals surface area contributed by atoms with E-state index in [1.165, 1.54) is 0 Å². The molecular formula is C17H25N3O. The molecule has 1 atom stereocenters. The predicted molar refractivity (Wildman–Crippen MR) is 83.9 cm³/mol. The van der Waals surface area contributed by atoms with Crippen LogP contribution in [0.25, 0.3) is 0 Å². The molecule has 0 radical (unpaired) electrons. The molecule has 21 heavy (non-hydrogen) atoms. The van der Waals surface area contributed by atoms with Gasteiger partial charge in [0.15, 0.2) is 0 Å². The maximum atomic E-state index is 10.3. The highest BCUT2D eigenvalue weighted by Gasteiger charge is 2.46. The van der Waals surface area contributed by atoms with Crippen LogP contribution < -0.4 is 5.32 Å². The van der Waals surface area contributed by atoms with Crippen molar-refractivity contribution >= 4 is 0 Å². The quantitative estimate of drug-likeness (QED) is 0.833. The third-order valence-corrected chi connectivity index (χ3v) is 4.16. The standard InChI is InChI=1S/C17H25N3O/c1-16(21,13-20(2)3)12-19-15-9-17(10-15,11-18)14-7-5-4-6-8-14/h4-8,15,19,21H,9-10,12-13H2,1-3H3. The van der Waals surface area contributed by atoms with Crippen molar-refractivity contribution in [3.05, 3.63) is 35.9 Å². The lowest BCUT2D eigenvalue weighted by Crippen LogP contribution is -2.55. The Morgan fingerprint density at radius 3 is 2.52 bits per heavy atom. The van der Waals surface area contributed by atoms with E-state index >= 15 is 0 Å². The number of nitrogens with one attached hydrogen (secondary N) is 1. The first kappa shape index (κ1) is 16.0. The summed E-state index contributed by atoms with van der Waals surface area (Å²) in [6, 6.07) is 12.8. The summed E-state index contributed by atoms with van der Waals surface area (Å²) in [5.74, 6) is 0. The van der Waals surface area contributed by atoms with Crippen molar-refractivity contribution in [3.8, 4) is 6.07 Å². The van der Waals surface area contributed by atoms with Crippen LogP contribution in [0.5, 0.6) is 0 Å². The minimum Gasteiger partial charge on any atom is -0.388 e. The lowest BCUT2D eigenvalue weighted by molar-refractivity contribution is 0.0259. The van der Waals surface area contributed by atoms with E-state index in [4.69, 9.17) is 0 Å². The van der Waals surface area contributed by atoms with Gasteiger partial charge in [-0.05, 0) is 39.4 Å². The molecule has 1 aliphatic rings. The Kier molecular flexibility index (Phi) is 4.67. The second kappa shape index (κ2) is 6.15. The summed E-state index contributed by atoms with van der Waals surface area (Å²) in [4.78, 5) is 1.98. The van der Waals surface area contributed by atoms with Crippen molar-refractivity contribution in [2.24, 2.45) is 0 Å². The van der Waals surface area contributed by atoms with Crippen molar-refractivity contribution in [3.63, 3.8) is 0 Å². The van der Waals surface area contributed by atoms with Gasteiger partial charge in [0.2, 0.25) is 0 Å². The van der Waals surface area contributed by atoms with Crippen LogP contribution in [0.15, 0.2) is 30.3 Å². The normalized spacial score (nSPS) is 27.7. The third kappa shape index (κ3) is 3.82. The van der Waals surface area contributed by atoms with E-state index in [0.717, 1.165) is 18.4 Å². The van der Waals surface area contributed by atoms with E-state index in [9.17, 15) is 10.4 Å². The summed E-state index contributed by atoms with van der Waals surface area (Å²) >= 11 is 0. The summed E-state index contributed by atoms with van der Waals surface area (Å²) in [5.41, 5.74) is -0.00129. The van der Waals surface area contributed by atoms with Crippen LogP contribution in [0.2, 0.25) is 0 Å². The molecule has 2 N–H and O–H groups in total. The summed E-state index contributed by atoms with van der Waals surface area (Å²) < 4.78 is 0. The van der Waals surface area contributed by atoms with E-state index in [2.05, 4.69) is 11.4 Å². The number of nitriles is 1. The number of hydrogen-bond acceptors (Lipinski definition) is 4. The number of hydrogen-bond donors (Lipinski definition) is 2. The number of likely N-dealkylation sites (N-methyl/N-ethyl adjacent to an activating group) is 1. The van der Waals surface area contributed by atoms with Crippen molar-refractivity contribution in [2.45, 2.75) is 36.8 Å². The second-order valence-electron chi connectivity index (χ2n) is 6.78. The van der Waals surface area contributed by atoms with Crippen LogP contribution in [-0.4, -0.2) is 48.8 Å². The molecule has 2 rings (SSSR count). The highest BCUT2D eigenvalue weighted by molar-refractivity contribution is 5.36. The van der Waals surface area contributed by atoms with Crippen LogP contribution in [0.1, 0.15) is 25.3 Å². The summed E-state index contributed by atoms with van der Waals surface area (Å²) in [5, 5.41) is 23.2. The van der Waals surface area contributed by atoms with Crippen LogP contribution >= 0.6 is 0 Å². The van der Waals surface area contributed by atoms with Gasteiger partial charge in [-0.2, -0.15) is 5.26 Å². The first-order chi connectivity index (χ1) is 9.87. The molecule has 1 aromatic rings. The number of benzene rings is 1. The Morgan fingerprint density at radius 2 is 2.00 bits per heavy atom. The maximum absolute atomic E-state index is 10.3. The van der Waals surface area contributed by atoms with E-state index in [-0.39, 0.29) is 5.41 Å². The molecule has 4 heteroatoms. The fraction of sp³-hybridized carbons (Fsp3) is 0.588. The van der Waals surface area contributed by atoms with Crippen molar-refractivity contribution in [2.75, 3.05) is 27.2 Å². The molecule has 0 aliphatic heterocycles. The van der Waals surface area contributed by atoms with Gasteiger partial charge in [-0.3, -0.25) is 0 Å². The Labute approximate surface area is 127 Å². The van der Waals surface area contributed by atoms with Gasteiger partial charge in [-0.25, -0.2) is 0 Å². The zero-order chi connectivity index (χ0) is 15.5. The number of aliphatic hydroxyl groups is 1. The molecule has 1 unspecified atom stereocenters. The average molecular weight is 287 g/mol. The van der Waals surface area contributed by atoms with Gasteiger partial charge in [0, 0.05) is 19.1 Å². The monoisotopic (exact) mass is 287 g/mol. The molecule has 4 nitrogen and oxygen atoms in total. The SMILES string of the molecule is CN(C)CC(C)(O)CNC1CC(C#N)(c2ccccc2)C1. The number of rotatable bonds is 6. The Bertz CT molecular complexity index is 499. The zero-order valence-corrected chi connectivity index (χ0v) is 13.1. The third-order valence-electron chi connectivity index (χ3n) is 4.16. The van der Waals surface area contributed by atoms with Crippen LogP contribution in [0, 0.1) is 11.3 Å². The molecule has 0 saturated heterocycles. The Balaban J connectivity index is 1.87. The van der Waals surface area contributed by atoms with Gasteiger partial charge in [-0.15, -0.1) is 0 Å². The van der Waals surface area contributed by atoms with E-state index < -0.39 is 5.60 Å². The summed E-state index contributed by atoms with van der Waals surface area (Å²) in [6.07, 6.45) is 1.62. The average Bonchev–Trinajstić information content (AvgIpc) is 2.37. The molecule has 1 saturated carbocycles. The molecule has 114 valence electrons. The van der Waals surface area contributed by atoms with E-state index in [1.807, 2.05) is 56.3 Å². The summed E-state index contributed by atoms with van der Waals surface area (Å²) in [7, 11) is 3.90. The minimum atomic E-state index is -0.749. The molecular weight excluding hydrogens is 262 g/mol. The van der Waals surface area contributed by atoms with Crippen LogP contribution in [0.4, 0.5) is 0 Å². The first-order valence-corrected chi connectivity index (χ1v) is 7.44. The van der Waals surface area contributed by atoms with Gasteiger partial charge in [0.25, 0.3) is 0 Å². The van der Waals surface area contributed by atoms with E-state index in [0.29, 0.717) is 19.1 Å². The maximum Gasteiger partial charge on any atom is 0.0869 e. The second-order valence-corrected chi connectivity index (χ2v) is 6.78. The van der Waals surface area contributed by atoms with Crippen molar-refractivity contribution in [1.29, 1.82) is 5.26 Å². The molecule has 1 fully saturated rings. The lowest BCUT2D eigenvalue weighted by Gasteiger charge is -2.44. The van der Waals surface area contributed by atoms with Gasteiger partial charge < -0.3 is 15.3 Å². The predicted octanol–water partition coefficient (Wildman–Crippen LogP) is 1.51. The number of nitrogens with zero attached hydrogens (tertiary/aromatic N) is 2. The molecule has 0 heterocycles. The van der Waals surface area contributed by atoms with Crippen molar-refractivity contribution < 1.29 is 5.11 Å². The topological polar surface area (TPSA) is 59.3 Å². The molecule has 0 aromatic heterocycles. The molecule has 0 bridgehead atoms. The smallest absolute Gasteiger partial charge is 0.0869 e. The van der Waals surface area contributed by atoms with Gasteiger partial charge in [0.05, 0.1) is 17.1 Å². The highest BCUT2D eigenvalue weighted by atomic mass is 16.3. The minimum absolute atomic E-state index is 0.304. The van der Waals surface area contributed by atoms with Gasteiger partial charge in [-0.1, -0.05) is 30.3 Å². The molecule has 0 amide bonds. The fourth-order valence-corrected chi connectivity index (χ4v) is 3.18. The van der Waals surface area contributed by atoms with E-state index in [1.54, 1.807) is 0 Å². The van der Waals surface area contributed by atoms with Crippen molar-refractivity contribution in [1.82, 2.24) is 10.2 Å². The zero-order valence-electron chi connectivity index (χ0n) is 13.1. The Hall–Kier alpha value is -1.41. The van der Waals surface area contributed by atoms with Crippen LogP contribution in [0.3, 0.4) is 0 Å².